The molecule has 2 aromatic carbocycles. The van der Waals surface area contributed by atoms with Crippen LogP contribution in [0, 0.1) is 0 Å². The number of hydrogen-bond donors (Lipinski definition) is 1. The van der Waals surface area contributed by atoms with E-state index in [4.69, 9.17) is 4.52 Å². The molecule has 1 fully saturated rings. The molecule has 0 spiro atoms. The van der Waals surface area contributed by atoms with E-state index >= 15 is 0 Å². The van der Waals surface area contributed by atoms with Crippen LogP contribution in [0.3, 0.4) is 0 Å². The highest BCUT2D eigenvalue weighted by molar-refractivity contribution is 6.00. The Hall–Kier alpha value is -3.94. The van der Waals surface area contributed by atoms with Crippen molar-refractivity contribution < 1.29 is 18.9 Å². The lowest BCUT2D eigenvalue weighted by atomic mass is 10.0. The van der Waals surface area contributed by atoms with E-state index in [2.05, 4.69) is 10.5 Å². The fraction of sp³-hybridized carbons (Fsp3) is 0.250. The van der Waals surface area contributed by atoms with E-state index in [0.29, 0.717) is 18.7 Å². The van der Waals surface area contributed by atoms with Gasteiger partial charge in [-0.05, 0) is 25.0 Å². The molecule has 3 amide bonds. The molecule has 164 valence electrons. The Morgan fingerprint density at radius 1 is 1.12 bits per heavy atom. The molecule has 1 atom stereocenters. The minimum Gasteiger partial charge on any atom is -0.355 e. The van der Waals surface area contributed by atoms with Crippen LogP contribution < -0.4 is 10.2 Å². The van der Waals surface area contributed by atoms with Crippen molar-refractivity contribution >= 4 is 23.4 Å². The molecule has 1 unspecified atom stereocenters. The fourth-order valence-electron chi connectivity index (χ4n) is 3.75. The maximum absolute atomic E-state index is 13.0. The highest BCUT2D eigenvalue weighted by atomic mass is 16.5. The van der Waals surface area contributed by atoms with E-state index < -0.39 is 11.9 Å². The van der Waals surface area contributed by atoms with Crippen molar-refractivity contribution in [3.63, 3.8) is 0 Å². The predicted molar refractivity (Wildman–Crippen MR) is 119 cm³/mol. The molecule has 0 aliphatic carbocycles. The Balaban J connectivity index is 1.35. The van der Waals surface area contributed by atoms with Crippen LogP contribution in [0.25, 0.3) is 11.3 Å². The number of benzene rings is 2. The number of carbonyl (C=O) groups excluding carboxylic acids is 3. The van der Waals surface area contributed by atoms with Gasteiger partial charge in [-0.1, -0.05) is 53.7 Å². The van der Waals surface area contributed by atoms with E-state index in [1.165, 1.54) is 11.0 Å². The molecule has 3 aromatic rings. The van der Waals surface area contributed by atoms with Crippen LogP contribution in [0.5, 0.6) is 0 Å². The summed E-state index contributed by atoms with van der Waals surface area (Å²) in [5.41, 5.74) is 1.70. The second-order valence-corrected chi connectivity index (χ2v) is 7.61. The summed E-state index contributed by atoms with van der Waals surface area (Å²) in [4.78, 5) is 41.2. The number of para-hydroxylation sites is 1. The molecular formula is C24H24N4O4. The van der Waals surface area contributed by atoms with Gasteiger partial charge in [-0.3, -0.25) is 14.4 Å². The minimum atomic E-state index is -0.565. The van der Waals surface area contributed by atoms with Crippen molar-refractivity contribution in [2.45, 2.75) is 18.9 Å². The molecule has 0 radical (unpaired) electrons. The van der Waals surface area contributed by atoms with Gasteiger partial charge in [-0.2, -0.15) is 0 Å². The van der Waals surface area contributed by atoms with Gasteiger partial charge in [0.05, 0.1) is 6.54 Å². The summed E-state index contributed by atoms with van der Waals surface area (Å²) in [6.45, 7) is 0.381. The van der Waals surface area contributed by atoms with Crippen molar-refractivity contribution in [1.82, 2.24) is 15.4 Å². The second-order valence-electron chi connectivity index (χ2n) is 7.61. The highest BCUT2D eigenvalue weighted by Gasteiger charge is 2.34. The summed E-state index contributed by atoms with van der Waals surface area (Å²) >= 11 is 0. The summed E-state index contributed by atoms with van der Waals surface area (Å²) in [5.74, 6) is -0.515. The summed E-state index contributed by atoms with van der Waals surface area (Å²) < 4.78 is 5.23. The van der Waals surface area contributed by atoms with Crippen molar-refractivity contribution in [2.75, 3.05) is 25.0 Å². The number of piperidine rings is 1. The first-order chi connectivity index (χ1) is 15.5. The van der Waals surface area contributed by atoms with Gasteiger partial charge in [-0.25, -0.2) is 0 Å². The number of carbonyl (C=O) groups is 3. The van der Waals surface area contributed by atoms with E-state index in [0.717, 1.165) is 17.7 Å². The van der Waals surface area contributed by atoms with Gasteiger partial charge in [0.1, 0.15) is 6.04 Å². The average molecular weight is 432 g/mol. The number of likely N-dealkylation sites (N-methyl/N-ethyl adjacent to an activating group) is 1. The lowest BCUT2D eigenvalue weighted by Crippen LogP contribution is -2.54. The summed E-state index contributed by atoms with van der Waals surface area (Å²) in [7, 11) is 1.59. The van der Waals surface area contributed by atoms with Gasteiger partial charge in [0.15, 0.2) is 11.5 Å². The smallest absolute Gasteiger partial charge is 0.273 e. The highest BCUT2D eigenvalue weighted by Crippen LogP contribution is 2.23. The number of hydrogen-bond acceptors (Lipinski definition) is 5. The third kappa shape index (κ3) is 4.54. The lowest BCUT2D eigenvalue weighted by Gasteiger charge is -2.36. The molecule has 2 heterocycles. The van der Waals surface area contributed by atoms with Crippen molar-refractivity contribution in [2.24, 2.45) is 0 Å². The van der Waals surface area contributed by atoms with Gasteiger partial charge < -0.3 is 19.6 Å². The SMILES string of the molecule is CN(C(=O)CNC(=O)c1cc(-c2ccccc2)on1)C1CCCN(c2ccccc2)C1=O. The Labute approximate surface area is 185 Å². The summed E-state index contributed by atoms with van der Waals surface area (Å²) in [6.07, 6.45) is 1.37. The van der Waals surface area contributed by atoms with Gasteiger partial charge in [0.25, 0.3) is 5.91 Å². The van der Waals surface area contributed by atoms with E-state index in [9.17, 15) is 14.4 Å². The Morgan fingerprint density at radius 2 is 1.81 bits per heavy atom. The maximum atomic E-state index is 13.0. The van der Waals surface area contributed by atoms with Crippen LogP contribution in [0.15, 0.2) is 71.3 Å². The summed E-state index contributed by atoms with van der Waals surface area (Å²) in [5, 5.41) is 6.35. The summed E-state index contributed by atoms with van der Waals surface area (Å²) in [6, 6.07) is 19.7. The lowest BCUT2D eigenvalue weighted by molar-refractivity contribution is -0.138. The van der Waals surface area contributed by atoms with Gasteiger partial charge >= 0.3 is 0 Å². The van der Waals surface area contributed by atoms with Gasteiger partial charge in [0.2, 0.25) is 11.8 Å². The maximum Gasteiger partial charge on any atom is 0.273 e. The normalized spacial score (nSPS) is 16.0. The van der Waals surface area contributed by atoms with E-state index in [-0.39, 0.29) is 24.1 Å². The first-order valence-electron chi connectivity index (χ1n) is 10.5. The largest absolute Gasteiger partial charge is 0.355 e. The molecule has 1 aromatic heterocycles. The molecular weight excluding hydrogens is 408 g/mol. The van der Waals surface area contributed by atoms with Crippen LogP contribution in [0.1, 0.15) is 23.3 Å². The zero-order valence-corrected chi connectivity index (χ0v) is 17.7. The Bertz CT molecular complexity index is 1100. The number of amides is 3. The standard InChI is InChI=1S/C24H24N4O4/c1-27(20-13-8-14-28(24(20)31)18-11-6-3-7-12-18)22(29)16-25-23(30)19-15-21(32-26-19)17-9-4-2-5-10-17/h2-7,9-12,15,20H,8,13-14,16H2,1H3,(H,25,30). The first-order valence-corrected chi connectivity index (χ1v) is 10.5. The van der Waals surface area contributed by atoms with Crippen LogP contribution >= 0.6 is 0 Å². The third-order valence-corrected chi connectivity index (χ3v) is 5.54. The molecule has 1 aliphatic rings. The molecule has 1 saturated heterocycles. The zero-order valence-electron chi connectivity index (χ0n) is 17.7. The van der Waals surface area contributed by atoms with Crippen LogP contribution in [0.2, 0.25) is 0 Å². The number of nitrogens with one attached hydrogen (secondary N) is 1. The number of nitrogens with zero attached hydrogens (tertiary/aromatic N) is 3. The number of aromatic nitrogens is 1. The molecule has 4 rings (SSSR count). The molecule has 8 heteroatoms. The second kappa shape index (κ2) is 9.47. The predicted octanol–water partition coefficient (Wildman–Crippen LogP) is 2.73. The minimum absolute atomic E-state index is 0.0864. The molecule has 1 aliphatic heterocycles. The van der Waals surface area contributed by atoms with Crippen molar-refractivity contribution in [3.8, 4) is 11.3 Å². The molecule has 1 N–H and O–H groups in total. The zero-order chi connectivity index (χ0) is 22.5. The molecule has 32 heavy (non-hydrogen) atoms. The third-order valence-electron chi connectivity index (χ3n) is 5.54. The Morgan fingerprint density at radius 3 is 2.53 bits per heavy atom. The monoisotopic (exact) mass is 432 g/mol. The van der Waals surface area contributed by atoms with Crippen molar-refractivity contribution in [1.29, 1.82) is 0 Å². The van der Waals surface area contributed by atoms with Crippen molar-refractivity contribution in [3.05, 3.63) is 72.4 Å². The fourth-order valence-corrected chi connectivity index (χ4v) is 3.75. The number of rotatable bonds is 6. The van der Waals surface area contributed by atoms with Crippen LogP contribution in [-0.4, -0.2) is 54.0 Å². The van der Waals surface area contributed by atoms with Crippen LogP contribution in [0.4, 0.5) is 5.69 Å². The van der Waals surface area contributed by atoms with Gasteiger partial charge in [0, 0.05) is 30.9 Å². The quantitative estimate of drug-likeness (QED) is 0.646. The van der Waals surface area contributed by atoms with Gasteiger partial charge in [-0.15, -0.1) is 0 Å². The molecule has 0 bridgehead atoms. The van der Waals surface area contributed by atoms with Crippen LogP contribution in [-0.2, 0) is 9.59 Å². The first kappa shape index (κ1) is 21.3. The average Bonchev–Trinajstić information content (AvgIpc) is 3.34. The van der Waals surface area contributed by atoms with E-state index in [1.807, 2.05) is 60.7 Å². The Kier molecular flexibility index (Phi) is 6.30. The number of anilines is 1. The topological polar surface area (TPSA) is 95.8 Å². The molecule has 0 saturated carbocycles. The molecule has 8 nitrogen and oxygen atoms in total. The van der Waals surface area contributed by atoms with E-state index in [1.54, 1.807) is 11.9 Å².